The van der Waals surface area contributed by atoms with Gasteiger partial charge in [0.05, 0.1) is 41.3 Å². The van der Waals surface area contributed by atoms with Gasteiger partial charge in [-0.2, -0.15) is 0 Å². The number of nitrogens with zero attached hydrogens (tertiary/aromatic N) is 1. The summed E-state index contributed by atoms with van der Waals surface area (Å²) >= 11 is 5.90. The van der Waals surface area contributed by atoms with Crippen LogP contribution in [0.25, 0.3) is 0 Å². The molecule has 2 aromatic rings. The van der Waals surface area contributed by atoms with Gasteiger partial charge in [-0.3, -0.25) is 29.8 Å². The third-order valence-electron chi connectivity index (χ3n) is 5.68. The third kappa shape index (κ3) is 5.44. The van der Waals surface area contributed by atoms with Crippen molar-refractivity contribution in [1.29, 1.82) is 0 Å². The number of hydrogen-bond donors (Lipinski definition) is 5. The Kier molecular flexibility index (Phi) is 7.03. The second-order valence-electron chi connectivity index (χ2n) is 8.00. The van der Waals surface area contributed by atoms with Crippen LogP contribution in [0.5, 0.6) is 5.75 Å². The van der Waals surface area contributed by atoms with E-state index in [9.17, 15) is 24.5 Å². The summed E-state index contributed by atoms with van der Waals surface area (Å²) in [7, 11) is 0. The molecule has 35 heavy (non-hydrogen) atoms. The number of ether oxygens (including phenoxy) is 1. The maximum Gasteiger partial charge on any atom is 0.273 e. The van der Waals surface area contributed by atoms with E-state index in [2.05, 4.69) is 26.6 Å². The normalized spacial score (nSPS) is 23.4. The van der Waals surface area contributed by atoms with E-state index in [1.54, 1.807) is 31.2 Å². The fourth-order valence-electron chi connectivity index (χ4n) is 4.09. The number of carbonyl (C=O) groups is 3. The van der Waals surface area contributed by atoms with Gasteiger partial charge < -0.3 is 26.0 Å². The quantitative estimate of drug-likeness (QED) is 0.282. The minimum atomic E-state index is -0.984. The van der Waals surface area contributed by atoms with Crippen molar-refractivity contribution >= 4 is 46.4 Å². The number of benzene rings is 2. The molecule has 2 saturated heterocycles. The highest BCUT2D eigenvalue weighted by Gasteiger charge is 2.48. The lowest BCUT2D eigenvalue weighted by Gasteiger charge is -2.43. The molecule has 0 radical (unpaired) electrons. The molecule has 13 heteroatoms. The number of rotatable bonds is 7. The Morgan fingerprint density at radius 2 is 1.94 bits per heavy atom. The fourth-order valence-corrected chi connectivity index (χ4v) is 4.22. The van der Waals surface area contributed by atoms with Gasteiger partial charge in [-0.1, -0.05) is 11.6 Å². The second kappa shape index (κ2) is 10.2. The number of amides is 3. The molecule has 0 aromatic heterocycles. The average molecular weight is 503 g/mol. The molecule has 4 rings (SSSR count). The van der Waals surface area contributed by atoms with E-state index in [0.29, 0.717) is 10.7 Å². The minimum absolute atomic E-state index is 0.116. The molecule has 0 saturated carbocycles. The van der Waals surface area contributed by atoms with Gasteiger partial charge in [0, 0.05) is 23.2 Å². The summed E-state index contributed by atoms with van der Waals surface area (Å²) in [6.07, 6.45) is -1.70. The molecule has 4 atom stereocenters. The van der Waals surface area contributed by atoms with Crippen LogP contribution in [0.2, 0.25) is 5.02 Å². The molecular formula is C22H23ClN6O6. The first-order valence-corrected chi connectivity index (χ1v) is 11.2. The Labute approximate surface area is 204 Å². The number of anilines is 2. The summed E-state index contributed by atoms with van der Waals surface area (Å²) in [5, 5.41) is 26.0. The maximum absolute atomic E-state index is 13.2. The van der Waals surface area contributed by atoms with Crippen LogP contribution < -0.4 is 31.3 Å². The Bertz CT molecular complexity index is 1160. The zero-order chi connectivity index (χ0) is 25.1. The number of nitro benzene ring substituents is 1. The highest BCUT2D eigenvalue weighted by molar-refractivity contribution is 6.30. The van der Waals surface area contributed by atoms with Crippen molar-refractivity contribution < 1.29 is 24.0 Å². The molecule has 2 fully saturated rings. The summed E-state index contributed by atoms with van der Waals surface area (Å²) in [5.74, 6) is -3.15. The van der Waals surface area contributed by atoms with Crippen molar-refractivity contribution in [2.45, 2.75) is 25.8 Å². The van der Waals surface area contributed by atoms with Gasteiger partial charge in [0.1, 0.15) is 5.75 Å². The third-order valence-corrected chi connectivity index (χ3v) is 5.93. The molecule has 0 aliphatic carbocycles. The van der Waals surface area contributed by atoms with Crippen molar-refractivity contribution in [3.63, 3.8) is 0 Å². The lowest BCUT2D eigenvalue weighted by molar-refractivity contribution is -0.384. The monoisotopic (exact) mass is 502 g/mol. The minimum Gasteiger partial charge on any atom is -0.491 e. The Morgan fingerprint density at radius 1 is 1.20 bits per heavy atom. The van der Waals surface area contributed by atoms with E-state index in [-0.39, 0.29) is 30.2 Å². The molecule has 2 aliphatic heterocycles. The Balaban J connectivity index is 1.50. The summed E-state index contributed by atoms with van der Waals surface area (Å²) in [5.41, 5.74) is 0.693. The van der Waals surface area contributed by atoms with E-state index in [0.717, 1.165) is 0 Å². The molecule has 3 amide bonds. The van der Waals surface area contributed by atoms with Crippen LogP contribution in [-0.4, -0.2) is 41.7 Å². The van der Waals surface area contributed by atoms with Crippen molar-refractivity contribution in [1.82, 2.24) is 16.0 Å². The van der Waals surface area contributed by atoms with E-state index in [1.807, 2.05) is 0 Å². The van der Waals surface area contributed by atoms with E-state index >= 15 is 0 Å². The van der Waals surface area contributed by atoms with Crippen molar-refractivity contribution in [3.8, 4) is 5.75 Å². The summed E-state index contributed by atoms with van der Waals surface area (Å²) < 4.78 is 5.44. The molecule has 0 spiro atoms. The van der Waals surface area contributed by atoms with Gasteiger partial charge in [0.15, 0.2) is 6.29 Å². The standard InChI is InChI=1S/C22H23ClN6O6/c1-2-35-16-9-13(29(33)34)7-8-15(16)25-20(31)14-10-17(30)26-19-18(14)21(32)28-22(27-19)24-12-5-3-11(23)4-6-12/h3-9,14,18-19,22,24,27H,2,10H2,1H3,(H,25,31)(H,26,30)(H,28,32). The molecule has 184 valence electrons. The van der Waals surface area contributed by atoms with Crippen molar-refractivity contribution in [2.24, 2.45) is 11.8 Å². The maximum atomic E-state index is 13.2. The van der Waals surface area contributed by atoms with Crippen LogP contribution in [0.3, 0.4) is 0 Å². The van der Waals surface area contributed by atoms with Gasteiger partial charge in [-0.05, 0) is 37.3 Å². The van der Waals surface area contributed by atoms with Crippen LogP contribution in [0.1, 0.15) is 13.3 Å². The van der Waals surface area contributed by atoms with E-state index in [1.165, 1.54) is 18.2 Å². The summed E-state index contributed by atoms with van der Waals surface area (Å²) in [4.78, 5) is 49.1. The number of nitro groups is 1. The predicted molar refractivity (Wildman–Crippen MR) is 127 cm³/mol. The lowest BCUT2D eigenvalue weighted by atomic mass is 9.81. The lowest BCUT2D eigenvalue weighted by Crippen LogP contribution is -2.72. The molecule has 2 heterocycles. The van der Waals surface area contributed by atoms with Crippen molar-refractivity contribution in [2.75, 3.05) is 17.2 Å². The van der Waals surface area contributed by atoms with Gasteiger partial charge in [-0.25, -0.2) is 0 Å². The van der Waals surface area contributed by atoms with Crippen LogP contribution in [0, 0.1) is 22.0 Å². The van der Waals surface area contributed by atoms with E-state index in [4.69, 9.17) is 16.3 Å². The largest absolute Gasteiger partial charge is 0.491 e. The molecule has 4 unspecified atom stereocenters. The molecule has 2 aliphatic rings. The number of halogens is 1. The number of non-ortho nitro benzene ring substituents is 1. The van der Waals surface area contributed by atoms with Gasteiger partial charge in [-0.15, -0.1) is 0 Å². The topological polar surface area (TPSA) is 164 Å². The van der Waals surface area contributed by atoms with Gasteiger partial charge in [0.2, 0.25) is 17.7 Å². The molecule has 2 aromatic carbocycles. The molecular weight excluding hydrogens is 480 g/mol. The Hall–Kier alpha value is -3.90. The number of fused-ring (bicyclic) bond motifs is 1. The average Bonchev–Trinajstić information content (AvgIpc) is 2.81. The number of hydrogen-bond acceptors (Lipinski definition) is 8. The SMILES string of the molecule is CCOc1cc([N+](=O)[O-])ccc1NC(=O)C1CC(=O)NC2NC(Nc3ccc(Cl)cc3)NC(=O)C21. The number of piperidine rings is 1. The summed E-state index contributed by atoms with van der Waals surface area (Å²) in [6, 6.07) is 10.6. The molecule has 5 N–H and O–H groups in total. The van der Waals surface area contributed by atoms with Gasteiger partial charge >= 0.3 is 0 Å². The van der Waals surface area contributed by atoms with Crippen LogP contribution >= 0.6 is 11.6 Å². The highest BCUT2D eigenvalue weighted by Crippen LogP contribution is 2.32. The zero-order valence-electron chi connectivity index (χ0n) is 18.5. The Morgan fingerprint density at radius 3 is 2.63 bits per heavy atom. The first-order valence-electron chi connectivity index (χ1n) is 10.8. The van der Waals surface area contributed by atoms with Crippen LogP contribution in [-0.2, 0) is 14.4 Å². The fraction of sp³-hybridized carbons (Fsp3) is 0.318. The van der Waals surface area contributed by atoms with Crippen LogP contribution in [0.4, 0.5) is 17.1 Å². The number of nitrogens with one attached hydrogen (secondary N) is 5. The zero-order valence-corrected chi connectivity index (χ0v) is 19.3. The molecule has 0 bridgehead atoms. The smallest absolute Gasteiger partial charge is 0.273 e. The van der Waals surface area contributed by atoms with Crippen molar-refractivity contribution in [3.05, 3.63) is 57.6 Å². The predicted octanol–water partition coefficient (Wildman–Crippen LogP) is 1.78. The molecule has 12 nitrogen and oxygen atoms in total. The first-order chi connectivity index (χ1) is 16.7. The summed E-state index contributed by atoms with van der Waals surface area (Å²) in [6.45, 7) is 1.92. The highest BCUT2D eigenvalue weighted by atomic mass is 35.5. The van der Waals surface area contributed by atoms with Gasteiger partial charge in [0.25, 0.3) is 5.69 Å². The van der Waals surface area contributed by atoms with Crippen LogP contribution in [0.15, 0.2) is 42.5 Å². The van der Waals surface area contributed by atoms with E-state index < -0.39 is 46.9 Å². The first kappa shape index (κ1) is 24.2. The number of carbonyl (C=O) groups excluding carboxylic acids is 3. The second-order valence-corrected chi connectivity index (χ2v) is 8.44.